The highest BCUT2D eigenvalue weighted by atomic mass is 35.5. The summed E-state index contributed by atoms with van der Waals surface area (Å²) in [7, 11) is 0. The van der Waals surface area contributed by atoms with Gasteiger partial charge >= 0.3 is 0 Å². The monoisotopic (exact) mass is 232 g/mol. The number of hydrogen-bond acceptors (Lipinski definition) is 1. The molecule has 0 heterocycles. The molecule has 1 rings (SSSR count). The number of alkyl halides is 1. The third-order valence-electron chi connectivity index (χ3n) is 1.51. The molecule has 13 heavy (non-hydrogen) atoms. The number of thioether (sulfide) groups is 1. The molecule has 0 amide bonds. The molecule has 0 aromatic heterocycles. The normalized spacial score (nSPS) is 10.9. The number of hydrogen-bond donors (Lipinski definition) is 0. The van der Waals surface area contributed by atoms with E-state index in [2.05, 4.69) is 12.1 Å². The van der Waals surface area contributed by atoms with Crippen molar-refractivity contribution in [1.29, 1.82) is 0 Å². The van der Waals surface area contributed by atoms with Crippen LogP contribution in [0.25, 0.3) is 0 Å². The van der Waals surface area contributed by atoms with Gasteiger partial charge in [0, 0.05) is 22.1 Å². The van der Waals surface area contributed by atoms with Crippen LogP contribution in [0.5, 0.6) is 0 Å². The van der Waals surface area contributed by atoms with Crippen molar-refractivity contribution in [1.82, 2.24) is 0 Å². The van der Waals surface area contributed by atoms with Crippen LogP contribution in [0, 0.1) is 0 Å². The molecule has 0 spiro atoms. The fourth-order valence-corrected chi connectivity index (χ4v) is 1.94. The SMILES string of the molecule is Cl/C=C/CSc1ccc(CCl)cc1. The van der Waals surface area contributed by atoms with Gasteiger partial charge in [-0.2, -0.15) is 0 Å². The maximum atomic E-state index is 5.67. The lowest BCUT2D eigenvalue weighted by Crippen LogP contribution is -1.78. The molecule has 70 valence electrons. The van der Waals surface area contributed by atoms with Crippen LogP contribution >= 0.6 is 35.0 Å². The Kier molecular flexibility index (Phi) is 5.37. The van der Waals surface area contributed by atoms with Gasteiger partial charge in [-0.15, -0.1) is 23.4 Å². The van der Waals surface area contributed by atoms with Gasteiger partial charge in [0.15, 0.2) is 0 Å². The summed E-state index contributed by atoms with van der Waals surface area (Å²) in [4.78, 5) is 1.24. The molecule has 0 aliphatic heterocycles. The zero-order valence-corrected chi connectivity index (χ0v) is 9.37. The van der Waals surface area contributed by atoms with Gasteiger partial charge in [0.05, 0.1) is 0 Å². The van der Waals surface area contributed by atoms with E-state index in [9.17, 15) is 0 Å². The summed E-state index contributed by atoms with van der Waals surface area (Å²) in [5.41, 5.74) is 2.69. The van der Waals surface area contributed by atoms with E-state index in [4.69, 9.17) is 23.2 Å². The largest absolute Gasteiger partial charge is 0.122 e. The van der Waals surface area contributed by atoms with Crippen LogP contribution in [-0.4, -0.2) is 5.75 Å². The Hall–Kier alpha value is -0.110. The summed E-state index contributed by atoms with van der Waals surface area (Å²) >= 11 is 12.8. The average Bonchev–Trinajstić information content (AvgIpc) is 2.19. The number of halogens is 2. The molecule has 0 radical (unpaired) electrons. The van der Waals surface area contributed by atoms with Crippen LogP contribution in [-0.2, 0) is 5.88 Å². The topological polar surface area (TPSA) is 0 Å². The molecule has 1 aromatic carbocycles. The van der Waals surface area contributed by atoms with Crippen molar-refractivity contribution in [3.05, 3.63) is 41.4 Å². The minimum Gasteiger partial charge on any atom is -0.122 e. The van der Waals surface area contributed by atoms with E-state index in [1.54, 1.807) is 17.3 Å². The van der Waals surface area contributed by atoms with Crippen molar-refractivity contribution < 1.29 is 0 Å². The van der Waals surface area contributed by atoms with Crippen molar-refractivity contribution in [3.8, 4) is 0 Å². The summed E-state index contributed by atoms with van der Waals surface area (Å²) in [6.07, 6.45) is 1.92. The number of benzene rings is 1. The van der Waals surface area contributed by atoms with Crippen LogP contribution in [0.2, 0.25) is 0 Å². The third-order valence-corrected chi connectivity index (χ3v) is 2.96. The molecule has 0 N–H and O–H groups in total. The molecular weight excluding hydrogens is 223 g/mol. The van der Waals surface area contributed by atoms with E-state index in [1.165, 1.54) is 4.90 Å². The molecule has 3 heteroatoms. The Morgan fingerprint density at radius 3 is 2.46 bits per heavy atom. The van der Waals surface area contributed by atoms with E-state index in [0.717, 1.165) is 11.3 Å². The van der Waals surface area contributed by atoms with Crippen LogP contribution in [0.4, 0.5) is 0 Å². The highest BCUT2D eigenvalue weighted by Gasteiger charge is 1.92. The second kappa shape index (κ2) is 6.36. The average molecular weight is 233 g/mol. The maximum Gasteiger partial charge on any atom is 0.0474 e. The summed E-state index contributed by atoms with van der Waals surface area (Å²) in [6.45, 7) is 0. The van der Waals surface area contributed by atoms with Gasteiger partial charge in [-0.05, 0) is 17.7 Å². The zero-order valence-electron chi connectivity index (χ0n) is 7.04. The Labute approximate surface area is 92.9 Å². The van der Waals surface area contributed by atoms with E-state index < -0.39 is 0 Å². The lowest BCUT2D eigenvalue weighted by atomic mass is 10.2. The standard InChI is InChI=1S/C10H10Cl2S/c11-6-1-7-13-10-4-2-9(8-12)3-5-10/h1-6H,7-8H2/b6-1+. The quantitative estimate of drug-likeness (QED) is 0.552. The first-order valence-corrected chi connectivity index (χ1v) is 5.85. The van der Waals surface area contributed by atoms with E-state index >= 15 is 0 Å². The van der Waals surface area contributed by atoms with Crippen molar-refractivity contribution >= 4 is 35.0 Å². The van der Waals surface area contributed by atoms with Crippen LogP contribution < -0.4 is 0 Å². The Balaban J connectivity index is 2.49. The van der Waals surface area contributed by atoms with Gasteiger partial charge in [0.2, 0.25) is 0 Å². The predicted octanol–water partition coefficient (Wildman–Crippen LogP) is 4.27. The highest BCUT2D eigenvalue weighted by molar-refractivity contribution is 7.99. The summed E-state index contributed by atoms with van der Waals surface area (Å²) < 4.78 is 0. The van der Waals surface area contributed by atoms with E-state index in [0.29, 0.717) is 5.88 Å². The summed E-state index contributed by atoms with van der Waals surface area (Å²) in [5.74, 6) is 1.48. The third kappa shape index (κ3) is 4.08. The van der Waals surface area contributed by atoms with Crippen molar-refractivity contribution in [2.24, 2.45) is 0 Å². The van der Waals surface area contributed by atoms with Crippen LogP contribution in [0.3, 0.4) is 0 Å². The predicted molar refractivity (Wildman–Crippen MR) is 61.7 cm³/mol. The Bertz CT molecular complexity index is 267. The van der Waals surface area contributed by atoms with Crippen molar-refractivity contribution in [2.75, 3.05) is 5.75 Å². The maximum absolute atomic E-state index is 5.67. The lowest BCUT2D eigenvalue weighted by Gasteiger charge is -1.99. The fraction of sp³-hybridized carbons (Fsp3) is 0.200. The summed E-state index contributed by atoms with van der Waals surface area (Å²) in [5, 5.41) is 0. The molecular formula is C10H10Cl2S. The van der Waals surface area contributed by atoms with Crippen LogP contribution in [0.1, 0.15) is 5.56 Å². The van der Waals surface area contributed by atoms with Crippen LogP contribution in [0.15, 0.2) is 40.8 Å². The first-order valence-electron chi connectivity index (χ1n) is 3.89. The first-order chi connectivity index (χ1) is 6.36. The molecule has 0 saturated heterocycles. The molecule has 0 unspecified atom stereocenters. The van der Waals surface area contributed by atoms with E-state index in [1.807, 2.05) is 18.2 Å². The minimum atomic E-state index is 0.576. The van der Waals surface area contributed by atoms with Gasteiger partial charge in [-0.25, -0.2) is 0 Å². The summed E-state index contributed by atoms with van der Waals surface area (Å²) in [6, 6.07) is 8.23. The van der Waals surface area contributed by atoms with Crippen molar-refractivity contribution in [3.63, 3.8) is 0 Å². The second-order valence-electron chi connectivity index (χ2n) is 2.45. The lowest BCUT2D eigenvalue weighted by molar-refractivity contribution is 1.34. The highest BCUT2D eigenvalue weighted by Crippen LogP contribution is 2.19. The van der Waals surface area contributed by atoms with Gasteiger partial charge in [-0.1, -0.05) is 29.8 Å². The van der Waals surface area contributed by atoms with Gasteiger partial charge in [0.25, 0.3) is 0 Å². The number of rotatable bonds is 4. The molecule has 0 bridgehead atoms. The molecule has 0 nitrogen and oxygen atoms in total. The second-order valence-corrected chi connectivity index (χ2v) is 4.06. The smallest absolute Gasteiger partial charge is 0.0474 e. The van der Waals surface area contributed by atoms with Gasteiger partial charge in [-0.3, -0.25) is 0 Å². The van der Waals surface area contributed by atoms with Gasteiger partial charge in [0.1, 0.15) is 0 Å². The van der Waals surface area contributed by atoms with E-state index in [-0.39, 0.29) is 0 Å². The minimum absolute atomic E-state index is 0.576. The molecule has 0 atom stereocenters. The Morgan fingerprint density at radius 2 is 1.92 bits per heavy atom. The molecule has 0 fully saturated rings. The van der Waals surface area contributed by atoms with Gasteiger partial charge < -0.3 is 0 Å². The molecule has 0 aliphatic rings. The first kappa shape index (κ1) is 11.0. The molecule has 0 saturated carbocycles. The zero-order chi connectivity index (χ0) is 9.52. The molecule has 0 aliphatic carbocycles. The Morgan fingerprint density at radius 1 is 1.23 bits per heavy atom. The van der Waals surface area contributed by atoms with Crippen molar-refractivity contribution in [2.45, 2.75) is 10.8 Å². The fourth-order valence-electron chi connectivity index (χ4n) is 0.855. The molecule has 1 aromatic rings.